The van der Waals surface area contributed by atoms with Crippen molar-refractivity contribution in [3.63, 3.8) is 0 Å². The van der Waals surface area contributed by atoms with E-state index in [1.165, 1.54) is 23.7 Å². The molecule has 0 bridgehead atoms. The second kappa shape index (κ2) is 7.29. The second-order valence-corrected chi connectivity index (χ2v) is 7.78. The standard InChI is InChI=1S/C8H19IO2Si/c1-10-12(2,3)11-8-6-4-5-7-9/h4-8H2,1-3H3. The highest BCUT2D eigenvalue weighted by molar-refractivity contribution is 14.1. The lowest BCUT2D eigenvalue weighted by Crippen LogP contribution is -2.33. The molecule has 0 spiro atoms. The average molecular weight is 302 g/mol. The third kappa shape index (κ3) is 7.51. The number of hydrogen-bond donors (Lipinski definition) is 0. The first-order chi connectivity index (χ1) is 5.62. The maximum Gasteiger partial charge on any atom is 0.331 e. The molecule has 4 heteroatoms. The topological polar surface area (TPSA) is 18.5 Å². The molecule has 0 atom stereocenters. The summed E-state index contributed by atoms with van der Waals surface area (Å²) in [5, 5.41) is 0. The van der Waals surface area contributed by atoms with E-state index in [0.29, 0.717) is 0 Å². The Morgan fingerprint density at radius 1 is 1.17 bits per heavy atom. The molecule has 0 aliphatic rings. The van der Waals surface area contributed by atoms with Crippen LogP contribution in [0.15, 0.2) is 0 Å². The van der Waals surface area contributed by atoms with Gasteiger partial charge in [0.25, 0.3) is 0 Å². The predicted molar refractivity (Wildman–Crippen MR) is 63.2 cm³/mol. The molecular formula is C8H19IO2Si. The molecule has 0 saturated carbocycles. The molecule has 0 aromatic carbocycles. The summed E-state index contributed by atoms with van der Waals surface area (Å²) in [6.45, 7) is 5.01. The van der Waals surface area contributed by atoms with E-state index in [9.17, 15) is 0 Å². The fraction of sp³-hybridized carbons (Fsp3) is 1.00. The zero-order valence-corrected chi connectivity index (χ0v) is 11.4. The van der Waals surface area contributed by atoms with Gasteiger partial charge in [-0.15, -0.1) is 0 Å². The van der Waals surface area contributed by atoms with E-state index in [1.807, 2.05) is 0 Å². The Hall–Kier alpha value is 0.867. The normalized spacial score (nSPS) is 12.0. The van der Waals surface area contributed by atoms with Crippen molar-refractivity contribution in [2.45, 2.75) is 32.4 Å². The zero-order chi connectivity index (χ0) is 9.45. The highest BCUT2D eigenvalue weighted by Crippen LogP contribution is 2.06. The van der Waals surface area contributed by atoms with Crippen LogP contribution < -0.4 is 0 Å². The molecule has 0 aromatic rings. The van der Waals surface area contributed by atoms with Crippen molar-refractivity contribution in [3.05, 3.63) is 0 Å². The minimum absolute atomic E-state index is 0.865. The first-order valence-corrected chi connectivity index (χ1v) is 8.71. The largest absolute Gasteiger partial charge is 0.398 e. The van der Waals surface area contributed by atoms with Gasteiger partial charge < -0.3 is 8.85 Å². The molecule has 0 aliphatic carbocycles. The fourth-order valence-corrected chi connectivity index (χ4v) is 2.04. The van der Waals surface area contributed by atoms with Gasteiger partial charge >= 0.3 is 8.56 Å². The van der Waals surface area contributed by atoms with Gasteiger partial charge in [-0.2, -0.15) is 0 Å². The monoisotopic (exact) mass is 302 g/mol. The van der Waals surface area contributed by atoms with Crippen LogP contribution in [0.2, 0.25) is 13.1 Å². The van der Waals surface area contributed by atoms with Crippen LogP contribution in [0.3, 0.4) is 0 Å². The van der Waals surface area contributed by atoms with Gasteiger partial charge in [-0.3, -0.25) is 0 Å². The Bertz CT molecular complexity index is 109. The maximum atomic E-state index is 5.64. The predicted octanol–water partition coefficient (Wildman–Crippen LogP) is 2.96. The van der Waals surface area contributed by atoms with Crippen molar-refractivity contribution in [2.24, 2.45) is 0 Å². The lowest BCUT2D eigenvalue weighted by Gasteiger charge is -2.19. The summed E-state index contributed by atoms with van der Waals surface area (Å²) >= 11 is 2.41. The van der Waals surface area contributed by atoms with Crippen molar-refractivity contribution in [3.8, 4) is 0 Å². The molecule has 0 unspecified atom stereocenters. The van der Waals surface area contributed by atoms with Crippen LogP contribution in [0.25, 0.3) is 0 Å². The molecular weight excluding hydrogens is 283 g/mol. The van der Waals surface area contributed by atoms with E-state index in [2.05, 4.69) is 35.7 Å². The zero-order valence-electron chi connectivity index (χ0n) is 8.23. The van der Waals surface area contributed by atoms with Crippen LogP contribution in [-0.2, 0) is 8.85 Å². The minimum atomic E-state index is -1.74. The lowest BCUT2D eigenvalue weighted by molar-refractivity contribution is 0.207. The van der Waals surface area contributed by atoms with Gasteiger partial charge in [0.2, 0.25) is 0 Å². The van der Waals surface area contributed by atoms with Crippen molar-refractivity contribution < 1.29 is 8.85 Å². The highest BCUT2D eigenvalue weighted by atomic mass is 127. The fourth-order valence-electron chi connectivity index (χ4n) is 0.750. The smallest absolute Gasteiger partial charge is 0.331 e. The Balaban J connectivity index is 3.19. The maximum absolute atomic E-state index is 5.64. The molecule has 0 amide bonds. The Morgan fingerprint density at radius 3 is 2.33 bits per heavy atom. The quantitative estimate of drug-likeness (QED) is 0.311. The Kier molecular flexibility index (Phi) is 7.81. The number of rotatable bonds is 7. The molecule has 0 fully saturated rings. The molecule has 0 radical (unpaired) electrons. The molecule has 0 N–H and O–H groups in total. The molecule has 0 saturated heterocycles. The molecule has 0 rings (SSSR count). The molecule has 0 aromatic heterocycles. The van der Waals surface area contributed by atoms with Gasteiger partial charge in [0, 0.05) is 13.7 Å². The van der Waals surface area contributed by atoms with Crippen LogP contribution in [0, 0.1) is 0 Å². The molecule has 12 heavy (non-hydrogen) atoms. The van der Waals surface area contributed by atoms with E-state index >= 15 is 0 Å². The highest BCUT2D eigenvalue weighted by Gasteiger charge is 2.21. The second-order valence-electron chi connectivity index (χ2n) is 3.20. The summed E-state index contributed by atoms with van der Waals surface area (Å²) in [7, 11) is -0.00615. The van der Waals surface area contributed by atoms with Crippen LogP contribution in [-0.4, -0.2) is 26.7 Å². The van der Waals surface area contributed by atoms with Gasteiger partial charge in [0.05, 0.1) is 0 Å². The molecule has 2 nitrogen and oxygen atoms in total. The summed E-state index contributed by atoms with van der Waals surface area (Å²) in [6, 6.07) is 0. The van der Waals surface area contributed by atoms with Crippen molar-refractivity contribution in [1.82, 2.24) is 0 Å². The van der Waals surface area contributed by atoms with E-state index in [0.717, 1.165) is 6.61 Å². The third-order valence-corrected chi connectivity index (χ3v) is 4.36. The summed E-state index contributed by atoms with van der Waals surface area (Å²) in [5.41, 5.74) is 0. The van der Waals surface area contributed by atoms with Gasteiger partial charge in [0.15, 0.2) is 0 Å². The van der Waals surface area contributed by atoms with Crippen LogP contribution in [0.5, 0.6) is 0 Å². The van der Waals surface area contributed by atoms with E-state index in [-0.39, 0.29) is 0 Å². The van der Waals surface area contributed by atoms with Crippen molar-refractivity contribution in [1.29, 1.82) is 0 Å². The van der Waals surface area contributed by atoms with E-state index in [4.69, 9.17) is 8.85 Å². The summed E-state index contributed by atoms with van der Waals surface area (Å²) in [6.07, 6.45) is 3.75. The van der Waals surface area contributed by atoms with Crippen molar-refractivity contribution >= 4 is 31.2 Å². The summed E-state index contributed by atoms with van der Waals surface area (Å²) < 4.78 is 12.2. The first-order valence-electron chi connectivity index (χ1n) is 4.37. The number of hydrogen-bond acceptors (Lipinski definition) is 2. The molecule has 0 heterocycles. The van der Waals surface area contributed by atoms with Gasteiger partial charge in [-0.25, -0.2) is 0 Å². The van der Waals surface area contributed by atoms with Gasteiger partial charge in [-0.05, 0) is 30.4 Å². The minimum Gasteiger partial charge on any atom is -0.398 e. The lowest BCUT2D eigenvalue weighted by atomic mass is 10.3. The Labute approximate surface area is 90.4 Å². The van der Waals surface area contributed by atoms with Gasteiger partial charge in [0.1, 0.15) is 0 Å². The molecule has 0 aliphatic heterocycles. The number of unbranched alkanes of at least 4 members (excludes halogenated alkanes) is 2. The summed E-state index contributed by atoms with van der Waals surface area (Å²) in [5.74, 6) is 0. The average Bonchev–Trinajstić information content (AvgIpc) is 2.04. The molecule has 74 valence electrons. The van der Waals surface area contributed by atoms with E-state index < -0.39 is 8.56 Å². The number of halogens is 1. The SMILES string of the molecule is CO[Si](C)(C)OCCCCCI. The van der Waals surface area contributed by atoms with Gasteiger partial charge in [-0.1, -0.05) is 29.0 Å². The third-order valence-electron chi connectivity index (χ3n) is 1.72. The number of alkyl halides is 1. The van der Waals surface area contributed by atoms with Crippen molar-refractivity contribution in [2.75, 3.05) is 18.1 Å². The van der Waals surface area contributed by atoms with Crippen LogP contribution in [0.4, 0.5) is 0 Å². The summed E-state index contributed by atoms with van der Waals surface area (Å²) in [4.78, 5) is 0. The Morgan fingerprint density at radius 2 is 1.83 bits per heavy atom. The van der Waals surface area contributed by atoms with Crippen LogP contribution in [0.1, 0.15) is 19.3 Å². The van der Waals surface area contributed by atoms with E-state index in [1.54, 1.807) is 7.11 Å². The first kappa shape index (κ1) is 12.9. The van der Waals surface area contributed by atoms with Crippen LogP contribution >= 0.6 is 22.6 Å².